The predicted octanol–water partition coefficient (Wildman–Crippen LogP) is 9.26. The van der Waals surface area contributed by atoms with Crippen molar-refractivity contribution in [3.8, 4) is 67.4 Å². The number of H-pyrrole nitrogens is 1. The van der Waals surface area contributed by atoms with Gasteiger partial charge in [0.15, 0.2) is 0 Å². The van der Waals surface area contributed by atoms with E-state index in [1.807, 2.05) is 17.4 Å². The summed E-state index contributed by atoms with van der Waals surface area (Å²) >= 11 is 1.46. The van der Waals surface area contributed by atoms with Gasteiger partial charge in [-0.25, -0.2) is 0 Å². The molecule has 5 heteroatoms. The van der Waals surface area contributed by atoms with Crippen molar-refractivity contribution in [2.24, 2.45) is 0 Å². The van der Waals surface area contributed by atoms with Crippen LogP contribution in [0.4, 0.5) is 0 Å². The quantitative estimate of drug-likeness (QED) is 0.163. The third kappa shape index (κ3) is 5.18. The molecule has 0 bridgehead atoms. The van der Waals surface area contributed by atoms with Crippen molar-refractivity contribution >= 4 is 42.4 Å². The van der Waals surface area contributed by atoms with Crippen LogP contribution >= 0.6 is 11.3 Å². The monoisotopic (exact) mass is 819 g/mol. The molecule has 0 amide bonds. The summed E-state index contributed by atoms with van der Waals surface area (Å²) in [5.41, 5.74) is 13.4. The second-order valence-electron chi connectivity index (χ2n) is 13.5. The molecule has 0 spiro atoms. The molecule has 0 unspecified atom stereocenters. The second kappa shape index (κ2) is 12.8. The van der Waals surface area contributed by atoms with Crippen molar-refractivity contribution in [1.29, 1.82) is 0 Å². The number of benzene rings is 7. The average Bonchev–Trinajstić information content (AvgIpc) is 3.83. The first-order valence-corrected chi connectivity index (χ1v) is 21.0. The molecular formula is C49H30IN3S. The number of para-hydroxylation sites is 1. The Morgan fingerprint density at radius 2 is 1.13 bits per heavy atom. The average molecular weight is 820 g/mol. The van der Waals surface area contributed by atoms with Crippen LogP contribution in [0.2, 0.25) is 0 Å². The molecule has 1 aliphatic rings. The Bertz CT molecular complexity index is 3020. The number of thiophene rings is 1. The minimum atomic E-state index is -0.413. The molecule has 10 aromatic rings. The number of nitrogens with one attached hydrogen (secondary N) is 1. The van der Waals surface area contributed by atoms with Crippen LogP contribution in [0.15, 0.2) is 176 Å². The van der Waals surface area contributed by atoms with Gasteiger partial charge in [0, 0.05) is 0 Å². The van der Waals surface area contributed by atoms with Gasteiger partial charge in [-0.1, -0.05) is 12.1 Å². The van der Waals surface area contributed by atoms with E-state index in [2.05, 4.69) is 175 Å². The van der Waals surface area contributed by atoms with E-state index in [1.54, 1.807) is 0 Å². The van der Waals surface area contributed by atoms with E-state index < -0.39 is 21.2 Å². The van der Waals surface area contributed by atoms with Crippen LogP contribution in [0.25, 0.3) is 98.5 Å². The third-order valence-electron chi connectivity index (χ3n) is 10.3. The summed E-state index contributed by atoms with van der Waals surface area (Å²) in [6.07, 6.45) is 0. The number of aromatic amines is 1. The molecule has 4 heterocycles. The van der Waals surface area contributed by atoms with Crippen molar-refractivity contribution in [1.82, 2.24) is 9.97 Å². The van der Waals surface area contributed by atoms with Crippen LogP contribution in [0.3, 0.4) is 0 Å². The molecule has 54 heavy (non-hydrogen) atoms. The molecule has 1 aliphatic heterocycles. The van der Waals surface area contributed by atoms with Crippen molar-refractivity contribution < 1.29 is 26.2 Å². The summed E-state index contributed by atoms with van der Waals surface area (Å²) in [7, 11) is 0. The first kappa shape index (κ1) is 31.5. The number of hydrogen-bond donors (Lipinski definition) is 0. The fourth-order valence-corrected chi connectivity index (χ4v) is 12.3. The van der Waals surface area contributed by atoms with E-state index in [4.69, 9.17) is 9.97 Å². The summed E-state index contributed by atoms with van der Waals surface area (Å²) in [5.74, 6) is 0.819. The Balaban J connectivity index is 1.14. The molecular weight excluding hydrogens is 790 g/mol. The van der Waals surface area contributed by atoms with Crippen LogP contribution in [-0.4, -0.2) is 9.97 Å². The summed E-state index contributed by atoms with van der Waals surface area (Å²) in [5, 5.41) is 3.88. The number of nitrogens with zero attached hydrogens (tertiary/aromatic N) is 2. The summed E-state index contributed by atoms with van der Waals surface area (Å²) < 4.78 is 5.52. The molecule has 11 rings (SSSR count). The van der Waals surface area contributed by atoms with Gasteiger partial charge in [-0.2, -0.15) is 0 Å². The van der Waals surface area contributed by atoms with Gasteiger partial charge in [-0.3, -0.25) is 0 Å². The van der Waals surface area contributed by atoms with E-state index >= 15 is 0 Å². The zero-order chi connectivity index (χ0) is 35.6. The van der Waals surface area contributed by atoms with Crippen LogP contribution in [-0.2, 0) is 0 Å². The van der Waals surface area contributed by atoms with Crippen molar-refractivity contribution in [2.75, 3.05) is 0 Å². The predicted molar refractivity (Wildman–Crippen MR) is 219 cm³/mol. The van der Waals surface area contributed by atoms with E-state index in [1.165, 1.54) is 55.0 Å². The minimum absolute atomic E-state index is 0.413. The summed E-state index contributed by atoms with van der Waals surface area (Å²) in [4.78, 5) is 14.6. The number of halogens is 1. The van der Waals surface area contributed by atoms with Crippen LogP contribution in [0, 0.1) is 7.14 Å². The van der Waals surface area contributed by atoms with E-state index in [0.717, 1.165) is 50.7 Å². The molecule has 0 radical (unpaired) electrons. The Morgan fingerprint density at radius 1 is 0.481 bits per heavy atom. The maximum atomic E-state index is 5.71. The SMILES string of the molecule is c1ccc(-c2cc(-c3ccccc3)[nH+]c(-c3cccc(-c4nc5c(-c6cccc7c6sc6ccccc67)cccc5c5c4-c4ccccc4[I-]5)c3)n2)cc1. The summed E-state index contributed by atoms with van der Waals surface area (Å²) in [6, 6.07) is 63.1. The number of hydrogen-bond acceptors (Lipinski definition) is 3. The molecule has 0 saturated carbocycles. The van der Waals surface area contributed by atoms with Crippen molar-refractivity contribution in [3.63, 3.8) is 0 Å². The zero-order valence-corrected chi connectivity index (χ0v) is 31.9. The van der Waals surface area contributed by atoms with Crippen molar-refractivity contribution in [3.05, 3.63) is 183 Å². The van der Waals surface area contributed by atoms with Gasteiger partial charge in [0.2, 0.25) is 0 Å². The molecule has 3 nitrogen and oxygen atoms in total. The number of fused-ring (bicyclic) bond motifs is 8. The standard InChI is InChI=1S/C49H29IN3S/c1-3-14-30(15-4-1)41-29-42(31-16-5-2-6-17-31)52-49(51-41)33-19-11-18-32(28-33)46-44-38-21-7-9-26-40(38)50-45(44)39-25-12-22-35(47(39)53-46)37-24-13-23-36-34-20-8-10-27-43(34)54-48(36)37/h1-29H/q-1/p+1. The van der Waals surface area contributed by atoms with E-state index in [9.17, 15) is 0 Å². The molecule has 3 aromatic heterocycles. The Morgan fingerprint density at radius 3 is 2.00 bits per heavy atom. The van der Waals surface area contributed by atoms with Gasteiger partial charge in [0.1, 0.15) is 0 Å². The van der Waals surface area contributed by atoms with Gasteiger partial charge in [-0.15, -0.1) is 0 Å². The number of pyridine rings is 1. The topological polar surface area (TPSA) is 39.9 Å². The Kier molecular flexibility index (Phi) is 7.49. The molecule has 0 saturated heterocycles. The zero-order valence-electron chi connectivity index (χ0n) is 28.9. The first-order valence-electron chi connectivity index (χ1n) is 18.0. The summed E-state index contributed by atoms with van der Waals surface area (Å²) in [6.45, 7) is 0. The normalized spacial score (nSPS) is 12.1. The molecule has 1 N–H and O–H groups in total. The molecule has 7 aromatic carbocycles. The van der Waals surface area contributed by atoms with Crippen LogP contribution < -0.4 is 26.2 Å². The fraction of sp³-hybridized carbons (Fsp3) is 0. The maximum absolute atomic E-state index is 5.71. The Hall–Kier alpha value is -6.02. The van der Waals surface area contributed by atoms with E-state index in [0.29, 0.717) is 0 Å². The van der Waals surface area contributed by atoms with Gasteiger partial charge in [0.25, 0.3) is 0 Å². The van der Waals surface area contributed by atoms with Crippen LogP contribution in [0.5, 0.6) is 0 Å². The van der Waals surface area contributed by atoms with Gasteiger partial charge < -0.3 is 0 Å². The second-order valence-corrected chi connectivity index (χ2v) is 17.4. The molecule has 0 atom stereocenters. The van der Waals surface area contributed by atoms with Crippen LogP contribution in [0.1, 0.15) is 0 Å². The van der Waals surface area contributed by atoms with Gasteiger partial charge in [0.05, 0.1) is 0 Å². The van der Waals surface area contributed by atoms with Gasteiger partial charge in [-0.05, 0) is 0 Å². The number of aromatic nitrogens is 3. The third-order valence-corrected chi connectivity index (χ3v) is 14.7. The molecule has 254 valence electrons. The van der Waals surface area contributed by atoms with Gasteiger partial charge >= 0.3 is 317 Å². The van der Waals surface area contributed by atoms with Crippen molar-refractivity contribution in [2.45, 2.75) is 0 Å². The number of rotatable bonds is 5. The molecule has 0 aliphatic carbocycles. The Labute approximate surface area is 326 Å². The molecule has 0 fully saturated rings. The first-order chi connectivity index (χ1) is 26.8. The van der Waals surface area contributed by atoms with E-state index in [-0.39, 0.29) is 0 Å². The fourth-order valence-electron chi connectivity index (χ4n) is 7.79.